The molecule has 0 aromatic carbocycles. The monoisotopic (exact) mass is 386 g/mol. The van der Waals surface area contributed by atoms with Crippen molar-refractivity contribution >= 4 is 23.2 Å². The predicted octanol–water partition coefficient (Wildman–Crippen LogP) is 3.12. The number of fused-ring (bicyclic) bond motifs is 1. The summed E-state index contributed by atoms with van der Waals surface area (Å²) in [5.74, 6) is 0.792. The van der Waals surface area contributed by atoms with Gasteiger partial charge in [-0.2, -0.15) is 0 Å². The SMILES string of the molecule is COc1ccc(N2CCC(C(=O)N3Cc4nc(C)c(Cl)c(C)c4C3)C2)cn1. The molecular formula is C20H23ClN4O2. The van der Waals surface area contributed by atoms with E-state index in [1.165, 1.54) is 0 Å². The molecule has 1 amide bonds. The van der Waals surface area contributed by atoms with Gasteiger partial charge in [-0.3, -0.25) is 9.78 Å². The molecule has 4 rings (SSSR count). The lowest BCUT2D eigenvalue weighted by atomic mass is 10.1. The molecule has 0 N–H and O–H groups in total. The average Bonchev–Trinajstić information content (AvgIpc) is 3.33. The Labute approximate surface area is 164 Å². The zero-order valence-corrected chi connectivity index (χ0v) is 16.6. The standard InChI is InChI=1S/C20H23ClN4O2/c1-12-16-10-25(11-17(16)23-13(2)19(12)21)20(26)14-6-7-24(9-14)15-4-5-18(27-3)22-8-15/h4-5,8,14H,6-7,9-11H2,1-3H3. The lowest BCUT2D eigenvalue weighted by Crippen LogP contribution is -2.34. The highest BCUT2D eigenvalue weighted by molar-refractivity contribution is 6.32. The number of aryl methyl sites for hydroxylation is 1. The highest BCUT2D eigenvalue weighted by Gasteiger charge is 2.35. The first-order chi connectivity index (χ1) is 13.0. The summed E-state index contributed by atoms with van der Waals surface area (Å²) >= 11 is 6.34. The van der Waals surface area contributed by atoms with Crippen molar-refractivity contribution in [1.29, 1.82) is 0 Å². The van der Waals surface area contributed by atoms with Gasteiger partial charge < -0.3 is 14.5 Å². The molecule has 1 fully saturated rings. The number of hydrogen-bond donors (Lipinski definition) is 0. The average molecular weight is 387 g/mol. The maximum Gasteiger partial charge on any atom is 0.228 e. The van der Waals surface area contributed by atoms with E-state index in [1.54, 1.807) is 13.3 Å². The summed E-state index contributed by atoms with van der Waals surface area (Å²) < 4.78 is 5.11. The number of aromatic nitrogens is 2. The fourth-order valence-corrected chi connectivity index (χ4v) is 4.15. The minimum absolute atomic E-state index is 0.00158. The lowest BCUT2D eigenvalue weighted by Gasteiger charge is -2.21. The summed E-state index contributed by atoms with van der Waals surface area (Å²) in [5, 5.41) is 0.710. The first-order valence-electron chi connectivity index (χ1n) is 9.16. The maximum atomic E-state index is 13.1. The van der Waals surface area contributed by atoms with Gasteiger partial charge in [0.15, 0.2) is 0 Å². The van der Waals surface area contributed by atoms with Gasteiger partial charge in [-0.25, -0.2) is 4.98 Å². The van der Waals surface area contributed by atoms with Crippen molar-refractivity contribution in [3.63, 3.8) is 0 Å². The molecule has 2 aromatic heterocycles. The van der Waals surface area contributed by atoms with Crippen LogP contribution < -0.4 is 9.64 Å². The van der Waals surface area contributed by atoms with E-state index in [0.717, 1.165) is 41.2 Å². The van der Waals surface area contributed by atoms with Crippen molar-refractivity contribution in [2.75, 3.05) is 25.1 Å². The number of pyridine rings is 2. The van der Waals surface area contributed by atoms with E-state index in [4.69, 9.17) is 16.3 Å². The van der Waals surface area contributed by atoms with E-state index >= 15 is 0 Å². The van der Waals surface area contributed by atoms with Crippen molar-refractivity contribution in [2.45, 2.75) is 33.4 Å². The van der Waals surface area contributed by atoms with Crippen LogP contribution in [0.5, 0.6) is 5.88 Å². The topological polar surface area (TPSA) is 58.6 Å². The second kappa shape index (κ2) is 7.00. The number of anilines is 1. The summed E-state index contributed by atoms with van der Waals surface area (Å²) in [6.45, 7) is 6.68. The molecule has 4 heterocycles. The van der Waals surface area contributed by atoms with E-state index in [9.17, 15) is 4.79 Å². The quantitative estimate of drug-likeness (QED) is 0.811. The third kappa shape index (κ3) is 3.23. The van der Waals surface area contributed by atoms with Crippen LogP contribution >= 0.6 is 11.6 Å². The van der Waals surface area contributed by atoms with Crippen molar-refractivity contribution < 1.29 is 9.53 Å². The van der Waals surface area contributed by atoms with Crippen molar-refractivity contribution in [2.24, 2.45) is 5.92 Å². The summed E-state index contributed by atoms with van der Waals surface area (Å²) in [4.78, 5) is 26.1. The molecule has 0 radical (unpaired) electrons. The van der Waals surface area contributed by atoms with E-state index in [1.807, 2.05) is 30.9 Å². The van der Waals surface area contributed by atoms with Gasteiger partial charge in [0.25, 0.3) is 0 Å². The highest BCUT2D eigenvalue weighted by Crippen LogP contribution is 2.33. The number of carbonyl (C=O) groups is 1. The third-order valence-electron chi connectivity index (χ3n) is 5.58. The van der Waals surface area contributed by atoms with Crippen LogP contribution in [-0.4, -0.2) is 41.0 Å². The number of halogens is 1. The molecule has 0 saturated carbocycles. The van der Waals surface area contributed by atoms with Gasteiger partial charge in [0.05, 0.1) is 47.9 Å². The van der Waals surface area contributed by atoms with Gasteiger partial charge in [0.1, 0.15) is 0 Å². The van der Waals surface area contributed by atoms with Crippen LogP contribution in [0.25, 0.3) is 0 Å². The number of ether oxygens (including phenoxy) is 1. The van der Waals surface area contributed by atoms with Gasteiger partial charge in [-0.1, -0.05) is 11.6 Å². The van der Waals surface area contributed by atoms with Crippen LogP contribution in [0, 0.1) is 19.8 Å². The van der Waals surface area contributed by atoms with E-state index in [2.05, 4.69) is 14.9 Å². The van der Waals surface area contributed by atoms with Gasteiger partial charge in [-0.15, -0.1) is 0 Å². The number of amides is 1. The Kier molecular flexibility index (Phi) is 4.68. The molecule has 7 heteroatoms. The van der Waals surface area contributed by atoms with Crippen LogP contribution in [0.3, 0.4) is 0 Å². The molecule has 1 saturated heterocycles. The zero-order valence-electron chi connectivity index (χ0n) is 15.8. The Morgan fingerprint density at radius 2 is 2.11 bits per heavy atom. The first kappa shape index (κ1) is 18.0. The van der Waals surface area contributed by atoms with Crippen LogP contribution in [0.2, 0.25) is 5.02 Å². The molecule has 2 aliphatic heterocycles. The first-order valence-corrected chi connectivity index (χ1v) is 9.54. The summed E-state index contributed by atoms with van der Waals surface area (Å²) in [6, 6.07) is 3.84. The van der Waals surface area contributed by atoms with E-state index in [0.29, 0.717) is 30.5 Å². The van der Waals surface area contributed by atoms with Crippen LogP contribution in [0.4, 0.5) is 5.69 Å². The van der Waals surface area contributed by atoms with Crippen molar-refractivity contribution in [1.82, 2.24) is 14.9 Å². The summed E-state index contributed by atoms with van der Waals surface area (Å²) in [6.07, 6.45) is 2.65. The van der Waals surface area contributed by atoms with Crippen molar-refractivity contribution in [3.8, 4) is 5.88 Å². The van der Waals surface area contributed by atoms with Gasteiger partial charge in [-0.05, 0) is 37.5 Å². The number of rotatable bonds is 3. The fraction of sp³-hybridized carbons (Fsp3) is 0.450. The van der Waals surface area contributed by atoms with Crippen LogP contribution in [0.1, 0.15) is 28.9 Å². The third-order valence-corrected chi connectivity index (χ3v) is 6.14. The Hall–Kier alpha value is -2.34. The molecular weight excluding hydrogens is 364 g/mol. The molecule has 2 aromatic rings. The summed E-state index contributed by atoms with van der Waals surface area (Å²) in [7, 11) is 1.60. The number of methoxy groups -OCH3 is 1. The Morgan fingerprint density at radius 1 is 1.30 bits per heavy atom. The minimum Gasteiger partial charge on any atom is -0.481 e. The van der Waals surface area contributed by atoms with Crippen molar-refractivity contribution in [3.05, 3.63) is 45.9 Å². The molecule has 142 valence electrons. The number of nitrogens with zero attached hydrogens (tertiary/aromatic N) is 4. The molecule has 0 spiro atoms. The fourth-order valence-electron chi connectivity index (χ4n) is 4.00. The highest BCUT2D eigenvalue weighted by atomic mass is 35.5. The number of carbonyl (C=O) groups excluding carboxylic acids is 1. The van der Waals surface area contributed by atoms with Crippen LogP contribution in [0.15, 0.2) is 18.3 Å². The van der Waals surface area contributed by atoms with Gasteiger partial charge in [0, 0.05) is 25.7 Å². The molecule has 0 bridgehead atoms. The van der Waals surface area contributed by atoms with Gasteiger partial charge >= 0.3 is 0 Å². The smallest absolute Gasteiger partial charge is 0.228 e. The molecule has 0 aliphatic carbocycles. The van der Waals surface area contributed by atoms with E-state index < -0.39 is 0 Å². The second-order valence-electron chi connectivity index (χ2n) is 7.25. The maximum absolute atomic E-state index is 13.1. The molecule has 6 nitrogen and oxygen atoms in total. The zero-order chi connectivity index (χ0) is 19.1. The second-order valence-corrected chi connectivity index (χ2v) is 7.62. The predicted molar refractivity (Wildman–Crippen MR) is 104 cm³/mol. The van der Waals surface area contributed by atoms with E-state index in [-0.39, 0.29) is 11.8 Å². The Balaban J connectivity index is 1.44. The molecule has 27 heavy (non-hydrogen) atoms. The minimum atomic E-state index is -0.00158. The molecule has 2 aliphatic rings. The Morgan fingerprint density at radius 3 is 2.81 bits per heavy atom. The molecule has 1 atom stereocenters. The lowest BCUT2D eigenvalue weighted by molar-refractivity contribution is -0.135. The largest absolute Gasteiger partial charge is 0.481 e. The Bertz CT molecular complexity index is 885. The number of hydrogen-bond acceptors (Lipinski definition) is 5. The van der Waals surface area contributed by atoms with Crippen LogP contribution in [-0.2, 0) is 17.9 Å². The van der Waals surface area contributed by atoms with Gasteiger partial charge in [0.2, 0.25) is 11.8 Å². The molecule has 1 unspecified atom stereocenters. The normalized spacial score (nSPS) is 18.7. The summed E-state index contributed by atoms with van der Waals surface area (Å²) in [5.41, 5.74) is 4.99.